The zero-order chi connectivity index (χ0) is 24.2. The molecule has 3 unspecified atom stereocenters. The maximum Gasteiger partial charge on any atom is 0.505 e. The van der Waals surface area contributed by atoms with Gasteiger partial charge in [-0.2, -0.15) is 0 Å². The summed E-state index contributed by atoms with van der Waals surface area (Å²) in [5.74, 6) is -1.51. The van der Waals surface area contributed by atoms with Crippen LogP contribution in [-0.4, -0.2) is 43.0 Å². The van der Waals surface area contributed by atoms with Gasteiger partial charge in [0.1, 0.15) is 11.5 Å². The molecule has 0 aliphatic heterocycles. The van der Waals surface area contributed by atoms with Crippen molar-refractivity contribution < 1.29 is 47.3 Å². The number of phosphoric acid groups is 1. The molecule has 0 amide bonds. The molecule has 0 radical (unpaired) electrons. The second kappa shape index (κ2) is 10.6. The van der Waals surface area contributed by atoms with Crippen molar-refractivity contribution in [3.63, 3.8) is 0 Å². The molecule has 1 aliphatic rings. The minimum atomic E-state index is -4.98. The summed E-state index contributed by atoms with van der Waals surface area (Å²) in [6.07, 6.45) is 1.52. The van der Waals surface area contributed by atoms with E-state index in [-0.39, 0.29) is 17.8 Å². The van der Waals surface area contributed by atoms with Crippen LogP contribution in [0.25, 0.3) is 0 Å². The Kier molecular flexibility index (Phi) is 8.10. The van der Waals surface area contributed by atoms with Gasteiger partial charge in [-0.1, -0.05) is 10.7 Å². The number of carbonyl (C=O) groups excluding carboxylic acids is 1. The molecule has 9 nitrogen and oxygen atoms in total. The third-order valence-electron chi connectivity index (χ3n) is 5.75. The average Bonchev–Trinajstić information content (AvgIpc) is 2.81. The lowest BCUT2D eigenvalue weighted by atomic mass is 9.71. The molecule has 3 rings (SSSR count). The first kappa shape index (κ1) is 25.1. The largest absolute Gasteiger partial charge is 0.505 e. The molecule has 1 fully saturated rings. The predicted molar refractivity (Wildman–Crippen MR) is 115 cm³/mol. The van der Waals surface area contributed by atoms with E-state index in [2.05, 4.69) is 9.56 Å². The van der Waals surface area contributed by atoms with Crippen LogP contribution in [0, 0.1) is 11.7 Å². The van der Waals surface area contributed by atoms with Crippen LogP contribution < -0.4 is 14.4 Å². The molecular weight excluding hydrogens is 458 g/mol. The summed E-state index contributed by atoms with van der Waals surface area (Å²) in [5.41, 5.74) is 0.919. The van der Waals surface area contributed by atoms with Crippen molar-refractivity contribution in [2.45, 2.75) is 31.3 Å². The van der Waals surface area contributed by atoms with E-state index in [1.165, 1.54) is 26.4 Å². The molecule has 0 saturated heterocycles. The van der Waals surface area contributed by atoms with Crippen molar-refractivity contribution in [1.82, 2.24) is 0 Å². The van der Waals surface area contributed by atoms with Gasteiger partial charge in [-0.3, -0.25) is 4.79 Å². The third-order valence-corrected chi connectivity index (χ3v) is 6.02. The van der Waals surface area contributed by atoms with Crippen LogP contribution in [0.3, 0.4) is 0 Å². The average molecular weight is 484 g/mol. The van der Waals surface area contributed by atoms with E-state index >= 15 is 0 Å². The quantitative estimate of drug-likeness (QED) is 0.235. The second-order valence-electron chi connectivity index (χ2n) is 7.65. The second-order valence-corrected chi connectivity index (χ2v) is 8.78. The normalized spacial score (nSPS) is 20.8. The number of Topliss-reactive ketones (excluding diaryl/α,β-unsaturated/α-hetero) is 1. The van der Waals surface area contributed by atoms with Crippen molar-refractivity contribution >= 4 is 13.6 Å². The standard InChI is InChI=1S/C22H26FO9P/c1-28-14-5-7-16(13-4-8-19(23)21(10-13)31-32-33(25,26)27)17(11-14)22(24)18-12-15(29-2)6-9-20(18)30-3/h4,6,8-10,12,14,16-17H,5,7,11H2,1-3H3,(H2,25,26,27). The minimum Gasteiger partial charge on any atom is -0.497 e. The van der Waals surface area contributed by atoms with Crippen LogP contribution in [0.15, 0.2) is 36.4 Å². The van der Waals surface area contributed by atoms with Crippen molar-refractivity contribution in [3.05, 3.63) is 53.3 Å². The highest BCUT2D eigenvalue weighted by Gasteiger charge is 2.38. The van der Waals surface area contributed by atoms with E-state index in [1.54, 1.807) is 25.3 Å². The summed E-state index contributed by atoms with van der Waals surface area (Å²) in [7, 11) is -0.424. The Morgan fingerprint density at radius 2 is 1.79 bits per heavy atom. The Morgan fingerprint density at radius 3 is 2.42 bits per heavy atom. The number of hydrogen-bond donors (Lipinski definition) is 2. The summed E-state index contributed by atoms with van der Waals surface area (Å²) < 4.78 is 45.2. The molecule has 2 N–H and O–H groups in total. The highest BCUT2D eigenvalue weighted by Crippen LogP contribution is 2.44. The molecule has 2 aromatic carbocycles. The molecule has 11 heteroatoms. The van der Waals surface area contributed by atoms with Crippen molar-refractivity contribution in [2.24, 2.45) is 5.92 Å². The van der Waals surface area contributed by atoms with E-state index < -0.39 is 25.3 Å². The van der Waals surface area contributed by atoms with Gasteiger partial charge in [-0.25, -0.2) is 8.96 Å². The zero-order valence-corrected chi connectivity index (χ0v) is 19.3. The van der Waals surface area contributed by atoms with Crippen LogP contribution in [0.2, 0.25) is 0 Å². The van der Waals surface area contributed by atoms with Gasteiger partial charge in [-0.05, 0) is 61.1 Å². The lowest BCUT2D eigenvalue weighted by Crippen LogP contribution is -2.33. The van der Waals surface area contributed by atoms with Crippen LogP contribution >= 0.6 is 7.82 Å². The summed E-state index contributed by atoms with van der Waals surface area (Å²) in [4.78, 5) is 35.9. The highest BCUT2D eigenvalue weighted by atomic mass is 31.2. The maximum absolute atomic E-state index is 14.2. The van der Waals surface area contributed by atoms with E-state index in [9.17, 15) is 13.8 Å². The number of rotatable bonds is 9. The molecule has 0 spiro atoms. The van der Waals surface area contributed by atoms with Gasteiger partial charge in [0.05, 0.1) is 25.9 Å². The number of methoxy groups -OCH3 is 3. The number of ketones is 1. The fourth-order valence-corrected chi connectivity index (χ4v) is 4.32. The molecule has 1 saturated carbocycles. The van der Waals surface area contributed by atoms with Crippen molar-refractivity contribution in [2.75, 3.05) is 21.3 Å². The smallest absolute Gasteiger partial charge is 0.497 e. The molecule has 33 heavy (non-hydrogen) atoms. The fraction of sp³-hybridized carbons (Fsp3) is 0.409. The van der Waals surface area contributed by atoms with Gasteiger partial charge in [-0.15, -0.1) is 0 Å². The number of halogens is 1. The number of ether oxygens (including phenoxy) is 3. The zero-order valence-electron chi connectivity index (χ0n) is 18.4. The molecule has 0 heterocycles. The molecular formula is C22H26FO9P. The predicted octanol–water partition coefficient (Wildman–Crippen LogP) is 4.03. The lowest BCUT2D eigenvalue weighted by Gasteiger charge is -2.35. The SMILES string of the molecule is COc1ccc(OC)c(C(=O)C2CC(OC)CCC2c2ccc(F)c(OOP(=O)(O)O)c2)c1. The first-order valence-corrected chi connectivity index (χ1v) is 11.7. The van der Waals surface area contributed by atoms with Gasteiger partial charge in [0.15, 0.2) is 11.6 Å². The Balaban J connectivity index is 1.98. The first-order chi connectivity index (χ1) is 15.7. The van der Waals surface area contributed by atoms with Crippen LogP contribution in [0.1, 0.15) is 41.1 Å². The molecule has 2 aromatic rings. The number of hydrogen-bond acceptors (Lipinski definition) is 7. The van der Waals surface area contributed by atoms with E-state index in [1.807, 2.05) is 0 Å². The van der Waals surface area contributed by atoms with Gasteiger partial charge < -0.3 is 28.9 Å². The summed E-state index contributed by atoms with van der Waals surface area (Å²) >= 11 is 0. The Morgan fingerprint density at radius 1 is 1.03 bits per heavy atom. The van der Waals surface area contributed by atoms with E-state index in [0.29, 0.717) is 41.9 Å². The molecule has 1 aliphatic carbocycles. The minimum absolute atomic E-state index is 0.138. The molecule has 0 aromatic heterocycles. The molecule has 180 valence electrons. The van der Waals surface area contributed by atoms with Crippen molar-refractivity contribution in [1.29, 1.82) is 0 Å². The highest BCUT2D eigenvalue weighted by molar-refractivity contribution is 7.46. The monoisotopic (exact) mass is 484 g/mol. The summed E-state index contributed by atoms with van der Waals surface area (Å²) in [5, 5.41) is 0. The van der Waals surface area contributed by atoms with Gasteiger partial charge >= 0.3 is 7.82 Å². The van der Waals surface area contributed by atoms with Gasteiger partial charge in [0.25, 0.3) is 0 Å². The number of benzene rings is 2. The fourth-order valence-electron chi connectivity index (χ4n) is 4.14. The third kappa shape index (κ3) is 6.10. The number of carbonyl (C=O) groups is 1. The summed E-state index contributed by atoms with van der Waals surface area (Å²) in [6, 6.07) is 8.86. The topological polar surface area (TPSA) is 121 Å². The first-order valence-electron chi connectivity index (χ1n) is 10.2. The molecule has 0 bridgehead atoms. The van der Waals surface area contributed by atoms with Gasteiger partial charge in [0, 0.05) is 13.0 Å². The van der Waals surface area contributed by atoms with Crippen LogP contribution in [0.5, 0.6) is 17.2 Å². The Bertz CT molecular complexity index is 1040. The van der Waals surface area contributed by atoms with Crippen molar-refractivity contribution in [3.8, 4) is 17.2 Å². The van der Waals surface area contributed by atoms with E-state index in [4.69, 9.17) is 24.0 Å². The van der Waals surface area contributed by atoms with Crippen LogP contribution in [-0.2, 0) is 14.0 Å². The van der Waals surface area contributed by atoms with Gasteiger partial charge in [0.2, 0.25) is 5.75 Å². The Hall–Kier alpha value is -2.49. The Labute approximate surface area is 190 Å². The maximum atomic E-state index is 14.2. The van der Waals surface area contributed by atoms with E-state index in [0.717, 1.165) is 6.07 Å². The molecule has 3 atom stereocenters. The lowest BCUT2D eigenvalue weighted by molar-refractivity contribution is -0.125. The van der Waals surface area contributed by atoms with Crippen LogP contribution in [0.4, 0.5) is 4.39 Å². The summed E-state index contributed by atoms with van der Waals surface area (Å²) in [6.45, 7) is 0.